The van der Waals surface area contributed by atoms with Crippen LogP contribution in [0.1, 0.15) is 20.8 Å². The van der Waals surface area contributed by atoms with Gasteiger partial charge >= 0.3 is 0 Å². The number of carbonyl (C=O) groups excluding carboxylic acids is 1. The Morgan fingerprint density at radius 2 is 1.70 bits per heavy atom. The SMILES string of the molecule is CC(C)(C)N1CC(=O)C1.Cl. The smallest absolute Gasteiger partial charge is 0.160 e. The molecule has 0 aromatic rings. The molecular formula is C7H14ClNO. The van der Waals surface area contributed by atoms with Gasteiger partial charge in [-0.3, -0.25) is 9.69 Å². The molecule has 0 saturated carbocycles. The van der Waals surface area contributed by atoms with E-state index in [2.05, 4.69) is 25.7 Å². The van der Waals surface area contributed by atoms with Crippen LogP contribution in [0.5, 0.6) is 0 Å². The third kappa shape index (κ3) is 1.96. The lowest BCUT2D eigenvalue weighted by Crippen LogP contribution is -2.56. The van der Waals surface area contributed by atoms with E-state index in [0.717, 1.165) is 0 Å². The van der Waals surface area contributed by atoms with Crippen molar-refractivity contribution in [3.05, 3.63) is 0 Å². The molecule has 0 bridgehead atoms. The molecule has 0 unspecified atom stereocenters. The first-order chi connectivity index (χ1) is 4.00. The van der Waals surface area contributed by atoms with Crippen molar-refractivity contribution in [2.75, 3.05) is 13.1 Å². The Morgan fingerprint density at radius 1 is 1.30 bits per heavy atom. The number of hydrogen-bond donors (Lipinski definition) is 0. The predicted octanol–water partition coefficient (Wildman–Crippen LogP) is 1.09. The summed E-state index contributed by atoms with van der Waals surface area (Å²) in [5, 5.41) is 0. The second kappa shape index (κ2) is 2.89. The van der Waals surface area contributed by atoms with Crippen molar-refractivity contribution in [1.82, 2.24) is 4.90 Å². The number of carbonyl (C=O) groups is 1. The van der Waals surface area contributed by atoms with Crippen LogP contribution in [0, 0.1) is 0 Å². The first-order valence-corrected chi connectivity index (χ1v) is 3.27. The van der Waals surface area contributed by atoms with Crippen LogP contribution in [-0.4, -0.2) is 29.3 Å². The number of Topliss-reactive ketones (excluding diaryl/α,β-unsaturated/α-hetero) is 1. The van der Waals surface area contributed by atoms with E-state index in [9.17, 15) is 4.79 Å². The number of likely N-dealkylation sites (tertiary alicyclic amines) is 1. The lowest BCUT2D eigenvalue weighted by molar-refractivity contribution is -0.133. The van der Waals surface area contributed by atoms with Crippen LogP contribution in [0.25, 0.3) is 0 Å². The summed E-state index contributed by atoms with van der Waals surface area (Å²) in [5.41, 5.74) is 0.188. The van der Waals surface area contributed by atoms with Gasteiger partial charge in [0, 0.05) is 5.54 Å². The molecule has 2 nitrogen and oxygen atoms in total. The molecule has 1 rings (SSSR count). The van der Waals surface area contributed by atoms with Crippen molar-refractivity contribution in [1.29, 1.82) is 0 Å². The van der Waals surface area contributed by atoms with Gasteiger partial charge in [-0.25, -0.2) is 0 Å². The Morgan fingerprint density at radius 3 is 1.80 bits per heavy atom. The molecule has 0 atom stereocenters. The van der Waals surface area contributed by atoms with Crippen LogP contribution in [-0.2, 0) is 4.79 Å². The van der Waals surface area contributed by atoms with Gasteiger partial charge in [-0.15, -0.1) is 12.4 Å². The molecule has 3 heteroatoms. The number of nitrogens with zero attached hydrogens (tertiary/aromatic N) is 1. The van der Waals surface area contributed by atoms with E-state index in [1.807, 2.05) is 0 Å². The zero-order valence-electron chi connectivity index (χ0n) is 6.68. The maximum Gasteiger partial charge on any atom is 0.160 e. The highest BCUT2D eigenvalue weighted by Crippen LogP contribution is 2.17. The molecule has 10 heavy (non-hydrogen) atoms. The fraction of sp³-hybridized carbons (Fsp3) is 0.857. The molecule has 60 valence electrons. The summed E-state index contributed by atoms with van der Waals surface area (Å²) in [5.74, 6) is 0.366. The average Bonchev–Trinajstić information content (AvgIpc) is 1.55. The topological polar surface area (TPSA) is 20.3 Å². The Balaban J connectivity index is 0.000000810. The van der Waals surface area contributed by atoms with E-state index in [1.54, 1.807) is 0 Å². The molecule has 0 N–H and O–H groups in total. The molecule has 0 aromatic heterocycles. The molecule has 1 aliphatic heterocycles. The normalized spacial score (nSPS) is 19.7. The fourth-order valence-corrected chi connectivity index (χ4v) is 0.854. The molecule has 0 aliphatic carbocycles. The molecule has 0 spiro atoms. The molecule has 0 amide bonds. The van der Waals surface area contributed by atoms with Crippen molar-refractivity contribution in [3.8, 4) is 0 Å². The minimum atomic E-state index is 0. The van der Waals surface area contributed by atoms with Gasteiger partial charge in [0.05, 0.1) is 13.1 Å². The van der Waals surface area contributed by atoms with Crippen molar-refractivity contribution in [2.45, 2.75) is 26.3 Å². The molecule has 1 fully saturated rings. The zero-order valence-corrected chi connectivity index (χ0v) is 7.49. The average molecular weight is 164 g/mol. The van der Waals surface area contributed by atoms with Crippen molar-refractivity contribution in [2.24, 2.45) is 0 Å². The van der Waals surface area contributed by atoms with Crippen LogP contribution in [0.15, 0.2) is 0 Å². The molecule has 1 aliphatic rings. The summed E-state index contributed by atoms with van der Waals surface area (Å²) in [6.07, 6.45) is 0. The lowest BCUT2D eigenvalue weighted by Gasteiger charge is -2.40. The summed E-state index contributed by atoms with van der Waals surface area (Å²) < 4.78 is 0. The zero-order chi connectivity index (χ0) is 7.07. The largest absolute Gasteiger partial charge is 0.297 e. The van der Waals surface area contributed by atoms with E-state index < -0.39 is 0 Å². The summed E-state index contributed by atoms with van der Waals surface area (Å²) in [6.45, 7) is 7.69. The maximum absolute atomic E-state index is 10.5. The van der Waals surface area contributed by atoms with Crippen LogP contribution in [0.4, 0.5) is 0 Å². The van der Waals surface area contributed by atoms with Gasteiger partial charge in [0.25, 0.3) is 0 Å². The molecule has 1 heterocycles. The van der Waals surface area contributed by atoms with Gasteiger partial charge in [-0.1, -0.05) is 0 Å². The van der Waals surface area contributed by atoms with Crippen molar-refractivity contribution in [3.63, 3.8) is 0 Å². The summed E-state index contributed by atoms with van der Waals surface area (Å²) >= 11 is 0. The van der Waals surface area contributed by atoms with E-state index in [1.165, 1.54) is 0 Å². The van der Waals surface area contributed by atoms with E-state index >= 15 is 0 Å². The van der Waals surface area contributed by atoms with E-state index in [-0.39, 0.29) is 17.9 Å². The summed E-state index contributed by atoms with van der Waals surface area (Å²) in [4.78, 5) is 12.7. The van der Waals surface area contributed by atoms with Crippen molar-refractivity contribution >= 4 is 18.2 Å². The summed E-state index contributed by atoms with van der Waals surface area (Å²) in [6, 6.07) is 0. The second-order valence-electron chi connectivity index (χ2n) is 3.57. The first kappa shape index (κ1) is 9.92. The Labute approximate surface area is 68.0 Å². The van der Waals surface area contributed by atoms with Gasteiger partial charge in [0.2, 0.25) is 0 Å². The van der Waals surface area contributed by atoms with Gasteiger partial charge in [0.15, 0.2) is 5.78 Å². The van der Waals surface area contributed by atoms with Crippen LogP contribution >= 0.6 is 12.4 Å². The highest BCUT2D eigenvalue weighted by Gasteiger charge is 2.32. The molecule has 0 aromatic carbocycles. The fourth-order valence-electron chi connectivity index (χ4n) is 0.854. The second-order valence-corrected chi connectivity index (χ2v) is 3.57. The molecule has 0 radical (unpaired) electrons. The first-order valence-electron chi connectivity index (χ1n) is 3.27. The van der Waals surface area contributed by atoms with Crippen LogP contribution in [0.2, 0.25) is 0 Å². The third-order valence-corrected chi connectivity index (χ3v) is 1.68. The highest BCUT2D eigenvalue weighted by atomic mass is 35.5. The van der Waals surface area contributed by atoms with Crippen LogP contribution < -0.4 is 0 Å². The standard InChI is InChI=1S/C7H13NO.ClH/c1-7(2,3)8-4-6(9)5-8;/h4-5H2,1-3H3;1H. The number of ketones is 1. The number of rotatable bonds is 0. The third-order valence-electron chi connectivity index (χ3n) is 1.68. The van der Waals surface area contributed by atoms with E-state index in [0.29, 0.717) is 18.9 Å². The predicted molar refractivity (Wildman–Crippen MR) is 43.6 cm³/mol. The Kier molecular flexibility index (Phi) is 2.86. The minimum Gasteiger partial charge on any atom is -0.297 e. The van der Waals surface area contributed by atoms with Crippen molar-refractivity contribution < 1.29 is 4.79 Å². The summed E-state index contributed by atoms with van der Waals surface area (Å²) in [7, 11) is 0. The lowest BCUT2D eigenvalue weighted by atomic mass is 10.0. The van der Waals surface area contributed by atoms with Gasteiger partial charge in [-0.2, -0.15) is 0 Å². The van der Waals surface area contributed by atoms with E-state index in [4.69, 9.17) is 0 Å². The quantitative estimate of drug-likeness (QED) is 0.533. The monoisotopic (exact) mass is 163 g/mol. The van der Waals surface area contributed by atoms with Gasteiger partial charge in [0.1, 0.15) is 0 Å². The Hall–Kier alpha value is -0.0800. The number of hydrogen-bond acceptors (Lipinski definition) is 2. The highest BCUT2D eigenvalue weighted by molar-refractivity contribution is 5.87. The van der Waals surface area contributed by atoms with Crippen LogP contribution in [0.3, 0.4) is 0 Å². The molecule has 1 saturated heterocycles. The Bertz CT molecular complexity index is 131. The minimum absolute atomic E-state index is 0. The number of halogens is 1. The van der Waals surface area contributed by atoms with Gasteiger partial charge in [-0.05, 0) is 20.8 Å². The molecular weight excluding hydrogens is 150 g/mol. The maximum atomic E-state index is 10.5. The van der Waals surface area contributed by atoms with Gasteiger partial charge < -0.3 is 0 Å².